The number of aliphatic hydroxyl groups excluding tert-OH is 1. The summed E-state index contributed by atoms with van der Waals surface area (Å²) in [6.45, 7) is 12.0. The third-order valence-electron chi connectivity index (χ3n) is 11.0. The van der Waals surface area contributed by atoms with Gasteiger partial charge < -0.3 is 25.2 Å². The molecule has 2 aliphatic heterocycles. The van der Waals surface area contributed by atoms with Crippen LogP contribution in [0.3, 0.4) is 0 Å². The van der Waals surface area contributed by atoms with Crippen molar-refractivity contribution in [3.63, 3.8) is 0 Å². The number of aliphatic hydroxyl groups is 1. The van der Waals surface area contributed by atoms with Gasteiger partial charge >= 0.3 is 0 Å². The summed E-state index contributed by atoms with van der Waals surface area (Å²) in [6, 6.07) is 25.4. The zero-order valence-corrected chi connectivity index (χ0v) is 31.0. The highest BCUT2D eigenvalue weighted by molar-refractivity contribution is 5.76. The number of amides is 2. The van der Waals surface area contributed by atoms with Gasteiger partial charge in [-0.1, -0.05) is 100.0 Å². The first-order valence-electron chi connectivity index (χ1n) is 18.9. The first-order valence-corrected chi connectivity index (χ1v) is 18.9. The Labute approximate surface area is 304 Å². The number of nitrogens with one attached hydrogen (secondary N) is 2. The highest BCUT2D eigenvalue weighted by Gasteiger charge is 2.50. The molecule has 1 aliphatic carbocycles. The summed E-state index contributed by atoms with van der Waals surface area (Å²) in [5.41, 5.74) is 6.94. The smallest absolute Gasteiger partial charge is 0.220 e. The number of fused-ring (bicyclic) bond motifs is 2. The molecular formula is C43H57N3O5. The SMILES string of the molecule is CC(=O)NCCCCCC(=O)NCc1ccccc1-c1ccc([C@H]2O[C@@H](CN3CC4(C)CC3CC(C)(C)C4)C[C@@H](c3ccc(CO)cc3)O2)cc1. The van der Waals surface area contributed by atoms with Crippen molar-refractivity contribution in [1.29, 1.82) is 0 Å². The van der Waals surface area contributed by atoms with Crippen molar-refractivity contribution in [1.82, 2.24) is 15.5 Å². The number of nitrogens with zero attached hydrogens (tertiary/aromatic N) is 1. The van der Waals surface area contributed by atoms with Crippen LogP contribution in [-0.4, -0.2) is 53.6 Å². The maximum atomic E-state index is 12.6. The summed E-state index contributed by atoms with van der Waals surface area (Å²) in [5, 5.41) is 15.5. The molecule has 274 valence electrons. The number of hydrogen-bond donors (Lipinski definition) is 3. The molecule has 3 aromatic rings. The fourth-order valence-corrected chi connectivity index (χ4v) is 8.99. The summed E-state index contributed by atoms with van der Waals surface area (Å²) in [4.78, 5) is 26.3. The lowest BCUT2D eigenvalue weighted by Crippen LogP contribution is -2.42. The Hall–Kier alpha value is -3.56. The van der Waals surface area contributed by atoms with Crippen molar-refractivity contribution in [2.45, 2.75) is 117 Å². The lowest BCUT2D eigenvalue weighted by molar-refractivity contribution is -0.253. The molecule has 2 heterocycles. The fourth-order valence-electron chi connectivity index (χ4n) is 8.99. The molecule has 8 nitrogen and oxygen atoms in total. The first-order chi connectivity index (χ1) is 24.5. The zero-order chi connectivity index (χ0) is 36.0. The minimum absolute atomic E-state index is 0.0194. The van der Waals surface area contributed by atoms with Crippen LogP contribution in [0, 0.1) is 10.8 Å². The molecule has 3 N–H and O–H groups in total. The molecule has 3 fully saturated rings. The largest absolute Gasteiger partial charge is 0.392 e. The van der Waals surface area contributed by atoms with Crippen LogP contribution >= 0.6 is 0 Å². The van der Waals surface area contributed by atoms with Gasteiger partial charge in [0.25, 0.3) is 0 Å². The van der Waals surface area contributed by atoms with E-state index in [9.17, 15) is 14.7 Å². The van der Waals surface area contributed by atoms with E-state index in [1.165, 1.54) is 26.2 Å². The predicted molar refractivity (Wildman–Crippen MR) is 200 cm³/mol. The van der Waals surface area contributed by atoms with Crippen LogP contribution in [0.15, 0.2) is 72.8 Å². The number of carbonyl (C=O) groups excluding carboxylic acids is 2. The number of hydrogen-bond acceptors (Lipinski definition) is 6. The Morgan fingerprint density at radius 1 is 0.882 bits per heavy atom. The van der Waals surface area contributed by atoms with Gasteiger partial charge in [0.2, 0.25) is 11.8 Å². The van der Waals surface area contributed by atoms with Gasteiger partial charge in [-0.15, -0.1) is 0 Å². The van der Waals surface area contributed by atoms with E-state index in [1.54, 1.807) is 0 Å². The van der Waals surface area contributed by atoms with Gasteiger partial charge in [-0.25, -0.2) is 0 Å². The number of rotatable bonds is 14. The third-order valence-corrected chi connectivity index (χ3v) is 11.0. The quantitative estimate of drug-likeness (QED) is 0.150. The van der Waals surface area contributed by atoms with E-state index in [4.69, 9.17) is 9.47 Å². The zero-order valence-electron chi connectivity index (χ0n) is 31.0. The van der Waals surface area contributed by atoms with E-state index in [-0.39, 0.29) is 30.6 Å². The molecule has 2 unspecified atom stereocenters. The van der Waals surface area contributed by atoms with Crippen LogP contribution in [0.2, 0.25) is 0 Å². The van der Waals surface area contributed by atoms with Crippen LogP contribution in [0.5, 0.6) is 0 Å². The van der Waals surface area contributed by atoms with Crippen molar-refractivity contribution in [3.05, 3.63) is 95.1 Å². The molecule has 51 heavy (non-hydrogen) atoms. The summed E-state index contributed by atoms with van der Waals surface area (Å²) < 4.78 is 13.5. The highest BCUT2D eigenvalue weighted by atomic mass is 16.7. The van der Waals surface area contributed by atoms with E-state index in [1.807, 2.05) is 24.3 Å². The molecule has 0 radical (unpaired) electrons. The van der Waals surface area contributed by atoms with Crippen molar-refractivity contribution < 1.29 is 24.2 Å². The molecule has 2 amide bonds. The predicted octanol–water partition coefficient (Wildman–Crippen LogP) is 7.60. The molecule has 3 aromatic carbocycles. The summed E-state index contributed by atoms with van der Waals surface area (Å²) in [7, 11) is 0. The van der Waals surface area contributed by atoms with Crippen molar-refractivity contribution in [2.75, 3.05) is 19.6 Å². The lowest BCUT2D eigenvalue weighted by atomic mass is 9.65. The Kier molecular flexibility index (Phi) is 12.0. The number of carbonyl (C=O) groups is 2. The second kappa shape index (κ2) is 16.4. The van der Waals surface area contributed by atoms with Gasteiger partial charge in [0.1, 0.15) is 0 Å². The maximum absolute atomic E-state index is 12.6. The molecule has 1 saturated carbocycles. The van der Waals surface area contributed by atoms with Gasteiger partial charge in [0.05, 0.1) is 18.8 Å². The molecule has 0 spiro atoms. The molecule has 8 heteroatoms. The molecule has 2 saturated heterocycles. The normalized spacial score (nSPS) is 25.7. The van der Waals surface area contributed by atoms with Crippen LogP contribution < -0.4 is 10.6 Å². The van der Waals surface area contributed by atoms with Gasteiger partial charge in [0, 0.05) is 57.5 Å². The van der Waals surface area contributed by atoms with Gasteiger partial charge in [-0.2, -0.15) is 0 Å². The second-order valence-electron chi connectivity index (χ2n) is 16.3. The van der Waals surface area contributed by atoms with Crippen LogP contribution in [0.4, 0.5) is 0 Å². The van der Waals surface area contributed by atoms with E-state index in [0.717, 1.165) is 72.2 Å². The van der Waals surface area contributed by atoms with Gasteiger partial charge in [0.15, 0.2) is 6.29 Å². The lowest BCUT2D eigenvalue weighted by Gasteiger charge is -2.41. The Morgan fingerprint density at radius 3 is 2.37 bits per heavy atom. The number of likely N-dealkylation sites (tertiary alicyclic amines) is 1. The Bertz CT molecular complexity index is 1620. The van der Waals surface area contributed by atoms with Gasteiger partial charge in [-0.05, 0) is 70.8 Å². The Morgan fingerprint density at radius 2 is 1.63 bits per heavy atom. The van der Waals surface area contributed by atoms with E-state index >= 15 is 0 Å². The topological polar surface area (TPSA) is 100 Å². The minimum atomic E-state index is -0.498. The first kappa shape index (κ1) is 37.2. The van der Waals surface area contributed by atoms with Crippen molar-refractivity contribution in [2.24, 2.45) is 10.8 Å². The fraction of sp³-hybridized carbons (Fsp3) is 0.535. The summed E-state index contributed by atoms with van der Waals surface area (Å²) in [6.07, 6.45) is 7.01. The van der Waals surface area contributed by atoms with E-state index in [2.05, 4.69) is 84.8 Å². The van der Waals surface area contributed by atoms with Crippen LogP contribution in [0.25, 0.3) is 11.1 Å². The highest BCUT2D eigenvalue weighted by Crippen LogP contribution is 2.53. The molecule has 5 atom stereocenters. The standard InChI is InChI=1S/C43H57N3O5/c1-30(48)44-21-9-5-6-12-40(49)45-25-35-10-7-8-11-38(35)32-17-19-34(20-18-32)41-50-37(22-39(51-41)33-15-13-31(27-47)14-16-33)26-46-29-43(4)24-36(46)23-42(2,3)28-43/h7-8,10-11,13-20,36-37,39,41,47H,5-6,9,12,21-29H2,1-4H3,(H,44,48)(H,45,49)/t36?,37-,39+,41+,43?/m1/s1. The number of unbranched alkanes of at least 4 members (excludes halogenated alkanes) is 2. The van der Waals surface area contributed by atoms with E-state index in [0.29, 0.717) is 36.4 Å². The van der Waals surface area contributed by atoms with E-state index < -0.39 is 6.29 Å². The molecule has 0 aromatic heterocycles. The monoisotopic (exact) mass is 695 g/mol. The van der Waals surface area contributed by atoms with Crippen LogP contribution in [-0.2, 0) is 32.2 Å². The van der Waals surface area contributed by atoms with Crippen molar-refractivity contribution in [3.8, 4) is 11.1 Å². The second-order valence-corrected chi connectivity index (χ2v) is 16.3. The molecule has 2 bridgehead atoms. The number of ether oxygens (including phenoxy) is 2. The van der Waals surface area contributed by atoms with Crippen molar-refractivity contribution >= 4 is 11.8 Å². The van der Waals surface area contributed by atoms with Gasteiger partial charge in [-0.3, -0.25) is 14.5 Å². The number of benzene rings is 3. The average Bonchev–Trinajstić information content (AvgIpc) is 3.35. The Balaban J connectivity index is 1.12. The summed E-state index contributed by atoms with van der Waals surface area (Å²) >= 11 is 0. The maximum Gasteiger partial charge on any atom is 0.220 e. The third kappa shape index (κ3) is 9.86. The molecule has 6 rings (SSSR count). The minimum Gasteiger partial charge on any atom is -0.392 e. The molecular weight excluding hydrogens is 638 g/mol. The van der Waals surface area contributed by atoms with Crippen LogP contribution in [0.1, 0.15) is 114 Å². The average molecular weight is 696 g/mol. The summed E-state index contributed by atoms with van der Waals surface area (Å²) in [5.74, 6) is 0.0191. The molecule has 3 aliphatic rings.